The Morgan fingerprint density at radius 2 is 2.15 bits per heavy atom. The van der Waals surface area contributed by atoms with Gasteiger partial charge in [0.05, 0.1) is 26.1 Å². The zero-order valence-corrected chi connectivity index (χ0v) is 17.3. The fourth-order valence-electron chi connectivity index (χ4n) is 2.62. The Kier molecular flexibility index (Phi) is 5.55. The Hall–Kier alpha value is -1.97. The summed E-state index contributed by atoms with van der Waals surface area (Å²) in [6.07, 6.45) is 5.59. The number of hydrogen-bond acceptors (Lipinski definition) is 6. The van der Waals surface area contributed by atoms with Crippen LogP contribution in [0, 0.1) is 0 Å². The van der Waals surface area contributed by atoms with E-state index in [2.05, 4.69) is 9.46 Å². The second-order valence-electron chi connectivity index (χ2n) is 5.91. The number of thioether (sulfide) groups is 1. The topological polar surface area (TPSA) is 93.5 Å². The van der Waals surface area contributed by atoms with E-state index < -0.39 is 21.1 Å². The van der Waals surface area contributed by atoms with Crippen molar-refractivity contribution >= 4 is 44.6 Å². The van der Waals surface area contributed by atoms with Gasteiger partial charge in [0.1, 0.15) is 17.0 Å². The summed E-state index contributed by atoms with van der Waals surface area (Å²) in [4.78, 5) is 24.9. The summed E-state index contributed by atoms with van der Waals surface area (Å²) in [5.74, 6) is 0.616. The summed E-state index contributed by atoms with van der Waals surface area (Å²) in [5.41, 5.74) is -0.270. The number of aromatic amines is 1. The van der Waals surface area contributed by atoms with Crippen molar-refractivity contribution in [1.82, 2.24) is 9.78 Å². The molecule has 144 valence electrons. The first-order valence-corrected chi connectivity index (χ1v) is 11.3. The van der Waals surface area contributed by atoms with Crippen molar-refractivity contribution in [3.63, 3.8) is 0 Å². The number of H-pyrrole nitrogens is 1. The average molecular weight is 428 g/mol. The van der Waals surface area contributed by atoms with Crippen LogP contribution in [0.2, 0.25) is 5.02 Å². The SMILES string of the molecule is COc1ccc(C(=O)c2c[nH]n(C)c2=O)c(Cl)c1N=S(C)(=O)C1=CCCS1. The first kappa shape index (κ1) is 19.8. The molecule has 1 aliphatic heterocycles. The number of benzene rings is 1. The van der Waals surface area contributed by atoms with Gasteiger partial charge >= 0.3 is 0 Å². The predicted molar refractivity (Wildman–Crippen MR) is 109 cm³/mol. The Balaban J connectivity index is 2.16. The molecule has 0 saturated carbocycles. The monoisotopic (exact) mass is 427 g/mol. The Morgan fingerprint density at radius 3 is 2.70 bits per heavy atom. The van der Waals surface area contributed by atoms with Gasteiger partial charge in [-0.2, -0.15) is 4.36 Å². The minimum atomic E-state index is -2.73. The minimum Gasteiger partial charge on any atom is -0.494 e. The van der Waals surface area contributed by atoms with E-state index in [1.54, 1.807) is 0 Å². The fourth-order valence-corrected chi connectivity index (χ4v) is 5.91. The molecule has 10 heteroatoms. The molecule has 1 N–H and O–H groups in total. The summed E-state index contributed by atoms with van der Waals surface area (Å²) < 4.78 is 24.6. The van der Waals surface area contributed by atoms with Crippen LogP contribution < -0.4 is 10.3 Å². The van der Waals surface area contributed by atoms with E-state index in [4.69, 9.17) is 16.3 Å². The molecule has 1 unspecified atom stereocenters. The molecule has 7 nitrogen and oxygen atoms in total. The largest absolute Gasteiger partial charge is 0.494 e. The number of aryl methyl sites for hydroxylation is 1. The number of carbonyl (C=O) groups is 1. The number of hydrogen-bond donors (Lipinski definition) is 1. The average Bonchev–Trinajstić information content (AvgIpc) is 3.28. The normalized spacial score (nSPS) is 15.9. The van der Waals surface area contributed by atoms with E-state index in [1.807, 2.05) is 6.08 Å². The number of nitrogens with one attached hydrogen (secondary N) is 1. The Labute approximate surface area is 165 Å². The Morgan fingerprint density at radius 1 is 1.41 bits per heavy atom. The van der Waals surface area contributed by atoms with Crippen molar-refractivity contribution in [3.8, 4) is 5.75 Å². The maximum atomic E-state index is 13.1. The molecule has 1 aromatic carbocycles. The molecule has 3 rings (SSSR count). The maximum absolute atomic E-state index is 13.1. The zero-order chi connectivity index (χ0) is 19.8. The molecule has 0 spiro atoms. The number of ether oxygens (including phenoxy) is 1. The van der Waals surface area contributed by atoms with Crippen LogP contribution in [0.25, 0.3) is 0 Å². The van der Waals surface area contributed by atoms with Crippen LogP contribution in [-0.4, -0.2) is 38.9 Å². The molecular formula is C17H18ClN3O4S2. The number of rotatable bonds is 5. The molecule has 0 aliphatic carbocycles. The highest BCUT2D eigenvalue weighted by Crippen LogP contribution is 2.41. The van der Waals surface area contributed by atoms with Crippen molar-refractivity contribution < 1.29 is 13.7 Å². The van der Waals surface area contributed by atoms with Crippen molar-refractivity contribution in [2.75, 3.05) is 19.1 Å². The lowest BCUT2D eigenvalue weighted by atomic mass is 10.1. The Bertz CT molecular complexity index is 1120. The van der Waals surface area contributed by atoms with Crippen LogP contribution in [-0.2, 0) is 16.8 Å². The summed E-state index contributed by atoms with van der Waals surface area (Å²) in [6.45, 7) is 0. The van der Waals surface area contributed by atoms with E-state index in [0.29, 0.717) is 9.99 Å². The van der Waals surface area contributed by atoms with Gasteiger partial charge in [0.2, 0.25) is 5.78 Å². The third-order valence-corrected chi connectivity index (χ3v) is 8.04. The van der Waals surface area contributed by atoms with Crippen LogP contribution >= 0.6 is 23.4 Å². The fraction of sp³-hybridized carbons (Fsp3) is 0.294. The summed E-state index contributed by atoms with van der Waals surface area (Å²) in [7, 11) is 0.220. The molecule has 0 saturated heterocycles. The molecule has 27 heavy (non-hydrogen) atoms. The minimum absolute atomic E-state index is 0.000718. The molecule has 1 atom stereocenters. The van der Waals surface area contributed by atoms with Crippen LogP contribution in [0.1, 0.15) is 22.3 Å². The lowest BCUT2D eigenvalue weighted by molar-refractivity contribution is 0.103. The lowest BCUT2D eigenvalue weighted by Crippen LogP contribution is -2.19. The highest BCUT2D eigenvalue weighted by Gasteiger charge is 2.24. The number of aromatic nitrogens is 2. The lowest BCUT2D eigenvalue weighted by Gasteiger charge is -2.12. The molecule has 0 fully saturated rings. The molecule has 2 heterocycles. The standard InChI is InChI=1S/C17H18ClN3O4S2/c1-21-17(23)11(9-19-21)16(22)10-6-7-12(25-2)15(14(10)18)20-27(3,24)13-5-4-8-26-13/h5-7,9,19H,4,8H2,1-3H3. The quantitative estimate of drug-likeness (QED) is 0.739. The van der Waals surface area contributed by atoms with Gasteiger partial charge in [-0.1, -0.05) is 17.7 Å². The first-order chi connectivity index (χ1) is 12.8. The number of methoxy groups -OCH3 is 1. The van der Waals surface area contributed by atoms with Gasteiger partial charge in [-0.3, -0.25) is 14.3 Å². The van der Waals surface area contributed by atoms with E-state index in [1.165, 1.54) is 55.2 Å². The van der Waals surface area contributed by atoms with Gasteiger partial charge in [0.15, 0.2) is 0 Å². The van der Waals surface area contributed by atoms with E-state index in [-0.39, 0.29) is 21.8 Å². The van der Waals surface area contributed by atoms with E-state index >= 15 is 0 Å². The third-order valence-electron chi connectivity index (χ3n) is 4.04. The van der Waals surface area contributed by atoms with Gasteiger partial charge in [-0.15, -0.1) is 11.8 Å². The van der Waals surface area contributed by atoms with Crippen LogP contribution in [0.15, 0.2) is 37.8 Å². The summed E-state index contributed by atoms with van der Waals surface area (Å²) in [5, 5.41) is 2.66. The van der Waals surface area contributed by atoms with Crippen LogP contribution in [0.3, 0.4) is 0 Å². The van der Waals surface area contributed by atoms with Gasteiger partial charge in [0.25, 0.3) is 5.56 Å². The second-order valence-corrected chi connectivity index (χ2v) is 9.91. The number of allylic oxidation sites excluding steroid dienone is 1. The highest BCUT2D eigenvalue weighted by molar-refractivity contribution is 8.19. The predicted octanol–water partition coefficient (Wildman–Crippen LogP) is 3.31. The molecule has 1 aromatic heterocycles. The molecule has 2 aromatic rings. The summed E-state index contributed by atoms with van der Waals surface area (Å²) >= 11 is 7.94. The number of ketones is 1. The van der Waals surface area contributed by atoms with Crippen molar-refractivity contribution in [3.05, 3.63) is 55.1 Å². The van der Waals surface area contributed by atoms with Crippen molar-refractivity contribution in [2.24, 2.45) is 11.4 Å². The van der Waals surface area contributed by atoms with Crippen LogP contribution in [0.5, 0.6) is 5.75 Å². The van der Waals surface area contributed by atoms with E-state index in [9.17, 15) is 13.8 Å². The zero-order valence-electron chi connectivity index (χ0n) is 14.9. The molecule has 0 amide bonds. The first-order valence-electron chi connectivity index (χ1n) is 7.97. The smallest absolute Gasteiger partial charge is 0.277 e. The van der Waals surface area contributed by atoms with Crippen molar-refractivity contribution in [2.45, 2.75) is 6.42 Å². The van der Waals surface area contributed by atoms with Gasteiger partial charge in [-0.25, -0.2) is 4.21 Å². The second kappa shape index (κ2) is 7.57. The molecule has 0 bridgehead atoms. The third kappa shape index (κ3) is 3.71. The number of halogens is 1. The number of nitrogens with zero attached hydrogens (tertiary/aromatic N) is 2. The van der Waals surface area contributed by atoms with Gasteiger partial charge in [-0.05, 0) is 18.6 Å². The molecule has 1 aliphatic rings. The van der Waals surface area contributed by atoms with E-state index in [0.717, 1.165) is 12.2 Å². The maximum Gasteiger partial charge on any atom is 0.277 e. The van der Waals surface area contributed by atoms with Gasteiger partial charge in [0, 0.05) is 30.8 Å². The van der Waals surface area contributed by atoms with Gasteiger partial charge < -0.3 is 9.84 Å². The summed E-state index contributed by atoms with van der Waals surface area (Å²) in [6, 6.07) is 3.00. The van der Waals surface area contributed by atoms with Crippen molar-refractivity contribution in [1.29, 1.82) is 0 Å². The molecular weight excluding hydrogens is 410 g/mol. The molecule has 0 radical (unpaired) electrons. The highest BCUT2D eigenvalue weighted by atomic mass is 35.5. The number of carbonyl (C=O) groups excluding carboxylic acids is 1. The van der Waals surface area contributed by atoms with Crippen LogP contribution in [0.4, 0.5) is 5.69 Å².